The molecule has 74 valence electrons. The summed E-state index contributed by atoms with van der Waals surface area (Å²) in [5.41, 5.74) is 7.95. The largest absolute Gasteiger partial charge is 0.398 e. The molecule has 1 heterocycles. The van der Waals surface area contributed by atoms with Crippen molar-refractivity contribution in [2.24, 2.45) is 0 Å². The van der Waals surface area contributed by atoms with Crippen molar-refractivity contribution in [3.05, 3.63) is 18.5 Å². The van der Waals surface area contributed by atoms with E-state index in [4.69, 9.17) is 5.73 Å². The van der Waals surface area contributed by atoms with Crippen LogP contribution in [0.4, 0.5) is 5.69 Å². The Labute approximate surface area is 81.9 Å². The molecule has 0 aliphatic rings. The fourth-order valence-electron chi connectivity index (χ4n) is 1.57. The molecule has 14 heavy (non-hydrogen) atoms. The zero-order chi connectivity index (χ0) is 10.3. The summed E-state index contributed by atoms with van der Waals surface area (Å²) in [4.78, 5) is 7.11. The number of aromatic amines is 1. The van der Waals surface area contributed by atoms with Gasteiger partial charge in [-0.15, -0.1) is 0 Å². The molecule has 0 amide bonds. The van der Waals surface area contributed by atoms with E-state index < -0.39 is 7.14 Å². The first-order chi connectivity index (χ1) is 6.50. The fourth-order valence-corrected chi connectivity index (χ4v) is 2.96. The number of hydrogen-bond acceptors (Lipinski definition) is 3. The Hall–Kier alpha value is -1.28. The second-order valence-electron chi connectivity index (χ2n) is 3.65. The predicted molar refractivity (Wildman–Crippen MR) is 59.6 cm³/mol. The maximum Gasteiger partial charge on any atom is 0.114 e. The molecule has 0 fully saturated rings. The summed E-state index contributed by atoms with van der Waals surface area (Å²) in [6, 6.07) is 3.60. The van der Waals surface area contributed by atoms with Gasteiger partial charge in [-0.1, -0.05) is 0 Å². The van der Waals surface area contributed by atoms with Crippen molar-refractivity contribution >= 4 is 29.2 Å². The predicted octanol–water partition coefficient (Wildman–Crippen LogP) is 1.39. The van der Waals surface area contributed by atoms with Crippen molar-refractivity contribution in [3.63, 3.8) is 0 Å². The minimum absolute atomic E-state index is 0.554. The minimum atomic E-state index is -2.38. The highest BCUT2D eigenvalue weighted by atomic mass is 31.2. The van der Waals surface area contributed by atoms with E-state index in [0.29, 0.717) is 11.0 Å². The molecule has 0 spiro atoms. The third kappa shape index (κ3) is 1.32. The average molecular weight is 209 g/mol. The summed E-state index contributed by atoms with van der Waals surface area (Å²) < 4.78 is 12.0. The van der Waals surface area contributed by atoms with Gasteiger partial charge < -0.3 is 15.3 Å². The van der Waals surface area contributed by atoms with Crippen LogP contribution in [0.1, 0.15) is 0 Å². The average Bonchev–Trinajstić information content (AvgIpc) is 2.48. The SMILES string of the molecule is CP(C)(=O)c1c(N)ccc2[nH]cnc12. The van der Waals surface area contributed by atoms with Gasteiger partial charge in [0.15, 0.2) is 0 Å². The van der Waals surface area contributed by atoms with Crippen LogP contribution in [0.3, 0.4) is 0 Å². The van der Waals surface area contributed by atoms with Gasteiger partial charge in [-0.05, 0) is 25.5 Å². The summed E-state index contributed by atoms with van der Waals surface area (Å²) in [7, 11) is -2.38. The molecule has 2 aromatic rings. The van der Waals surface area contributed by atoms with Crippen molar-refractivity contribution in [1.29, 1.82) is 0 Å². The van der Waals surface area contributed by atoms with Crippen molar-refractivity contribution in [2.45, 2.75) is 0 Å². The lowest BCUT2D eigenvalue weighted by Crippen LogP contribution is -2.11. The Balaban J connectivity index is 2.91. The number of rotatable bonds is 1. The van der Waals surface area contributed by atoms with E-state index in [2.05, 4.69) is 9.97 Å². The van der Waals surface area contributed by atoms with Gasteiger partial charge in [0.1, 0.15) is 12.7 Å². The molecular weight excluding hydrogens is 197 g/mol. The number of benzene rings is 1. The zero-order valence-electron chi connectivity index (χ0n) is 8.11. The van der Waals surface area contributed by atoms with E-state index in [1.54, 1.807) is 25.7 Å². The van der Waals surface area contributed by atoms with Crippen molar-refractivity contribution in [1.82, 2.24) is 9.97 Å². The lowest BCUT2D eigenvalue weighted by molar-refractivity contribution is 0.588. The maximum absolute atomic E-state index is 12.0. The first-order valence-electron chi connectivity index (χ1n) is 4.27. The Bertz CT molecular complexity index is 526. The number of fused-ring (bicyclic) bond motifs is 1. The summed E-state index contributed by atoms with van der Waals surface area (Å²) in [6.45, 7) is 3.40. The van der Waals surface area contributed by atoms with Crippen LogP contribution < -0.4 is 11.0 Å². The van der Waals surface area contributed by atoms with Crippen LogP contribution in [0.2, 0.25) is 0 Å². The molecule has 0 bridgehead atoms. The van der Waals surface area contributed by atoms with Crippen LogP contribution in [-0.4, -0.2) is 23.3 Å². The van der Waals surface area contributed by atoms with Crippen LogP contribution in [0.15, 0.2) is 18.5 Å². The molecule has 0 aliphatic heterocycles. The third-order valence-corrected chi connectivity index (χ3v) is 3.68. The number of aromatic nitrogens is 2. The Kier molecular flexibility index (Phi) is 1.89. The van der Waals surface area contributed by atoms with Gasteiger partial charge in [0.25, 0.3) is 0 Å². The molecule has 0 atom stereocenters. The molecule has 1 aromatic heterocycles. The number of nitrogens with two attached hydrogens (primary N) is 1. The summed E-state index contributed by atoms with van der Waals surface area (Å²) in [5.74, 6) is 0. The van der Waals surface area contributed by atoms with Crippen LogP contribution in [0, 0.1) is 0 Å². The Morgan fingerprint density at radius 1 is 1.43 bits per heavy atom. The smallest absolute Gasteiger partial charge is 0.114 e. The van der Waals surface area contributed by atoms with Gasteiger partial charge >= 0.3 is 0 Å². The molecule has 0 radical (unpaired) electrons. The number of imidazole rings is 1. The van der Waals surface area contributed by atoms with E-state index in [-0.39, 0.29) is 0 Å². The summed E-state index contributed by atoms with van der Waals surface area (Å²) >= 11 is 0. The quantitative estimate of drug-likeness (QED) is 0.550. The highest BCUT2D eigenvalue weighted by Crippen LogP contribution is 2.39. The molecule has 1 aromatic carbocycles. The molecule has 2 rings (SSSR count). The molecule has 5 heteroatoms. The number of H-pyrrole nitrogens is 1. The van der Waals surface area contributed by atoms with Gasteiger partial charge in [0.05, 0.1) is 17.1 Å². The second-order valence-corrected chi connectivity index (χ2v) is 6.80. The molecule has 0 saturated carbocycles. The number of hydrogen-bond donors (Lipinski definition) is 2. The number of nitrogens with zero attached hydrogens (tertiary/aromatic N) is 1. The lowest BCUT2D eigenvalue weighted by Gasteiger charge is -2.10. The second kappa shape index (κ2) is 2.85. The highest BCUT2D eigenvalue weighted by Gasteiger charge is 2.19. The first kappa shape index (κ1) is 9.28. The Morgan fingerprint density at radius 3 is 2.79 bits per heavy atom. The first-order valence-corrected chi connectivity index (χ1v) is 6.87. The van der Waals surface area contributed by atoms with Gasteiger partial charge in [0.2, 0.25) is 0 Å². The summed E-state index contributed by atoms with van der Waals surface area (Å²) in [5, 5.41) is 0.677. The molecule has 0 aliphatic carbocycles. The van der Waals surface area contributed by atoms with Gasteiger partial charge in [-0.2, -0.15) is 0 Å². The lowest BCUT2D eigenvalue weighted by atomic mass is 10.3. The van der Waals surface area contributed by atoms with Gasteiger partial charge in [-0.3, -0.25) is 0 Å². The standard InChI is InChI=1S/C9H12N3OP/c1-14(2,13)9-6(10)3-4-7-8(9)12-5-11-7/h3-5H,10H2,1-2H3,(H,11,12). The van der Waals surface area contributed by atoms with Crippen LogP contribution in [0.5, 0.6) is 0 Å². The normalized spacial score (nSPS) is 12.1. The fraction of sp³-hybridized carbons (Fsp3) is 0.222. The molecule has 0 saturated heterocycles. The van der Waals surface area contributed by atoms with Gasteiger partial charge in [0, 0.05) is 5.69 Å². The van der Waals surface area contributed by atoms with E-state index >= 15 is 0 Å². The molecule has 3 N–H and O–H groups in total. The van der Waals surface area contributed by atoms with Crippen LogP contribution >= 0.6 is 7.14 Å². The van der Waals surface area contributed by atoms with E-state index in [0.717, 1.165) is 11.0 Å². The van der Waals surface area contributed by atoms with Crippen molar-refractivity contribution in [2.75, 3.05) is 19.1 Å². The monoisotopic (exact) mass is 209 g/mol. The maximum atomic E-state index is 12.0. The van der Waals surface area contributed by atoms with Crippen molar-refractivity contribution < 1.29 is 4.57 Å². The van der Waals surface area contributed by atoms with Gasteiger partial charge in [-0.25, -0.2) is 4.98 Å². The topological polar surface area (TPSA) is 71.8 Å². The zero-order valence-corrected chi connectivity index (χ0v) is 9.01. The van der Waals surface area contributed by atoms with Crippen LogP contribution in [0.25, 0.3) is 11.0 Å². The number of nitrogens with one attached hydrogen (secondary N) is 1. The number of nitrogen functional groups attached to an aromatic ring is 1. The van der Waals surface area contributed by atoms with E-state index in [1.807, 2.05) is 6.07 Å². The third-order valence-electron chi connectivity index (χ3n) is 2.13. The minimum Gasteiger partial charge on any atom is -0.398 e. The van der Waals surface area contributed by atoms with Crippen molar-refractivity contribution in [3.8, 4) is 0 Å². The Morgan fingerprint density at radius 2 is 2.14 bits per heavy atom. The van der Waals surface area contributed by atoms with Crippen LogP contribution in [-0.2, 0) is 4.57 Å². The number of anilines is 1. The highest BCUT2D eigenvalue weighted by molar-refractivity contribution is 7.71. The van der Waals surface area contributed by atoms with E-state index in [9.17, 15) is 4.57 Å². The molecular formula is C9H12N3OP. The summed E-state index contributed by atoms with van der Waals surface area (Å²) in [6.07, 6.45) is 1.59. The van der Waals surface area contributed by atoms with E-state index in [1.165, 1.54) is 0 Å². The molecule has 4 nitrogen and oxygen atoms in total. The molecule has 0 unspecified atom stereocenters.